The molecule has 1 aliphatic carbocycles. The number of nitrogens with one attached hydrogen (secondary N) is 1. The van der Waals surface area contributed by atoms with Gasteiger partial charge < -0.3 is 14.8 Å². The second kappa shape index (κ2) is 8.03. The van der Waals surface area contributed by atoms with Crippen LogP contribution in [0.25, 0.3) is 0 Å². The molecule has 1 atom stereocenters. The molecule has 1 spiro atoms. The molecule has 0 bridgehead atoms. The maximum atomic E-state index is 6.07. The molecule has 0 aromatic carbocycles. The standard InChI is InChI=1S/C16H29NO2/c1-18-13-11-17-10-5-2-6-15-7-12-19-16(14-15)8-3-4-9-16/h2,6,15,17H,3-5,7-14H2,1H3. The molecular weight excluding hydrogens is 238 g/mol. The third-order valence-electron chi connectivity index (χ3n) is 4.42. The third-order valence-corrected chi connectivity index (χ3v) is 4.42. The van der Waals surface area contributed by atoms with Crippen LogP contribution in [0.2, 0.25) is 0 Å². The quantitative estimate of drug-likeness (QED) is 0.568. The Bertz CT molecular complexity index is 272. The van der Waals surface area contributed by atoms with Crippen molar-refractivity contribution in [2.45, 2.75) is 50.5 Å². The molecule has 1 saturated carbocycles. The van der Waals surface area contributed by atoms with Gasteiger partial charge in [-0.15, -0.1) is 0 Å². The summed E-state index contributed by atoms with van der Waals surface area (Å²) in [4.78, 5) is 0. The third kappa shape index (κ3) is 4.90. The van der Waals surface area contributed by atoms with E-state index in [1.165, 1.54) is 38.5 Å². The largest absolute Gasteiger partial charge is 0.383 e. The second-order valence-electron chi connectivity index (χ2n) is 5.95. The van der Waals surface area contributed by atoms with E-state index in [2.05, 4.69) is 17.5 Å². The molecule has 2 aliphatic rings. The normalized spacial score (nSPS) is 26.5. The van der Waals surface area contributed by atoms with E-state index in [1.807, 2.05) is 0 Å². The fourth-order valence-electron chi connectivity index (χ4n) is 3.37. The van der Waals surface area contributed by atoms with Crippen LogP contribution in [0, 0.1) is 5.92 Å². The first-order chi connectivity index (χ1) is 9.35. The molecule has 2 fully saturated rings. The highest BCUT2D eigenvalue weighted by Crippen LogP contribution is 2.42. The van der Waals surface area contributed by atoms with E-state index in [4.69, 9.17) is 9.47 Å². The van der Waals surface area contributed by atoms with Gasteiger partial charge in [0.2, 0.25) is 0 Å². The Morgan fingerprint density at radius 1 is 1.32 bits per heavy atom. The molecule has 3 nitrogen and oxygen atoms in total. The molecule has 0 amide bonds. The van der Waals surface area contributed by atoms with Crippen molar-refractivity contribution >= 4 is 0 Å². The van der Waals surface area contributed by atoms with E-state index < -0.39 is 0 Å². The molecule has 0 aromatic rings. The molecule has 1 heterocycles. The lowest BCUT2D eigenvalue weighted by Crippen LogP contribution is -2.36. The van der Waals surface area contributed by atoms with E-state index in [1.54, 1.807) is 7.11 Å². The van der Waals surface area contributed by atoms with Crippen molar-refractivity contribution in [2.24, 2.45) is 5.92 Å². The van der Waals surface area contributed by atoms with Crippen molar-refractivity contribution < 1.29 is 9.47 Å². The van der Waals surface area contributed by atoms with Gasteiger partial charge >= 0.3 is 0 Å². The smallest absolute Gasteiger partial charge is 0.0688 e. The van der Waals surface area contributed by atoms with Crippen molar-refractivity contribution in [2.75, 3.05) is 33.4 Å². The van der Waals surface area contributed by atoms with E-state index in [9.17, 15) is 0 Å². The van der Waals surface area contributed by atoms with Crippen molar-refractivity contribution in [3.63, 3.8) is 0 Å². The van der Waals surface area contributed by atoms with E-state index in [0.717, 1.165) is 38.6 Å². The average Bonchev–Trinajstić information content (AvgIpc) is 2.86. The van der Waals surface area contributed by atoms with Gasteiger partial charge in [0, 0.05) is 20.3 Å². The molecule has 1 N–H and O–H groups in total. The average molecular weight is 267 g/mol. The van der Waals surface area contributed by atoms with Crippen LogP contribution in [0.5, 0.6) is 0 Å². The van der Waals surface area contributed by atoms with E-state index in [0.29, 0.717) is 0 Å². The molecule has 1 unspecified atom stereocenters. The van der Waals surface area contributed by atoms with E-state index >= 15 is 0 Å². The first-order valence-corrected chi connectivity index (χ1v) is 7.85. The summed E-state index contributed by atoms with van der Waals surface area (Å²) in [7, 11) is 1.74. The van der Waals surface area contributed by atoms with Crippen LogP contribution in [0.3, 0.4) is 0 Å². The lowest BCUT2D eigenvalue weighted by Gasteiger charge is -2.37. The number of ether oxygens (including phenoxy) is 2. The highest BCUT2D eigenvalue weighted by atomic mass is 16.5. The SMILES string of the molecule is COCCNCCC=CC1CCOC2(CCCC2)C1. The maximum absolute atomic E-state index is 6.07. The van der Waals surface area contributed by atoms with Gasteiger partial charge in [0.1, 0.15) is 0 Å². The molecular formula is C16H29NO2. The maximum Gasteiger partial charge on any atom is 0.0688 e. The number of methoxy groups -OCH3 is 1. The molecule has 19 heavy (non-hydrogen) atoms. The van der Waals surface area contributed by atoms with Crippen molar-refractivity contribution in [1.82, 2.24) is 5.32 Å². The van der Waals surface area contributed by atoms with Gasteiger partial charge in [0.15, 0.2) is 0 Å². The van der Waals surface area contributed by atoms with Crippen LogP contribution >= 0.6 is 0 Å². The number of rotatable bonds is 7. The van der Waals surface area contributed by atoms with Crippen LogP contribution in [0.15, 0.2) is 12.2 Å². The second-order valence-corrected chi connectivity index (χ2v) is 5.95. The Morgan fingerprint density at radius 2 is 2.16 bits per heavy atom. The first-order valence-electron chi connectivity index (χ1n) is 7.85. The monoisotopic (exact) mass is 267 g/mol. The highest BCUT2D eigenvalue weighted by molar-refractivity contribution is 4.98. The van der Waals surface area contributed by atoms with Gasteiger partial charge in [-0.05, 0) is 44.6 Å². The number of hydrogen-bond donors (Lipinski definition) is 1. The lowest BCUT2D eigenvalue weighted by molar-refractivity contribution is -0.0853. The van der Waals surface area contributed by atoms with Crippen molar-refractivity contribution in [1.29, 1.82) is 0 Å². The fraction of sp³-hybridized carbons (Fsp3) is 0.875. The van der Waals surface area contributed by atoms with Gasteiger partial charge in [0.05, 0.1) is 12.2 Å². The minimum absolute atomic E-state index is 0.254. The summed E-state index contributed by atoms with van der Waals surface area (Å²) in [5.74, 6) is 0.742. The van der Waals surface area contributed by atoms with Crippen LogP contribution in [0.4, 0.5) is 0 Å². The van der Waals surface area contributed by atoms with Crippen LogP contribution < -0.4 is 5.32 Å². The van der Waals surface area contributed by atoms with Gasteiger partial charge in [-0.3, -0.25) is 0 Å². The van der Waals surface area contributed by atoms with Crippen LogP contribution in [0.1, 0.15) is 44.9 Å². The van der Waals surface area contributed by atoms with Gasteiger partial charge in [0.25, 0.3) is 0 Å². The minimum Gasteiger partial charge on any atom is -0.383 e. The number of allylic oxidation sites excluding steroid dienone is 1. The minimum atomic E-state index is 0.254. The lowest BCUT2D eigenvalue weighted by atomic mass is 9.84. The van der Waals surface area contributed by atoms with Gasteiger partial charge in [-0.1, -0.05) is 25.0 Å². The fourth-order valence-corrected chi connectivity index (χ4v) is 3.37. The molecule has 0 radical (unpaired) electrons. The summed E-state index contributed by atoms with van der Waals surface area (Å²) in [6.07, 6.45) is 13.6. The zero-order chi connectivity index (χ0) is 13.4. The Balaban J connectivity index is 1.62. The Labute approximate surface area is 117 Å². The van der Waals surface area contributed by atoms with Gasteiger partial charge in [-0.25, -0.2) is 0 Å². The molecule has 1 aliphatic heterocycles. The highest BCUT2D eigenvalue weighted by Gasteiger charge is 2.38. The summed E-state index contributed by atoms with van der Waals surface area (Å²) in [6.45, 7) is 3.76. The zero-order valence-corrected chi connectivity index (χ0v) is 12.3. The van der Waals surface area contributed by atoms with Gasteiger partial charge in [-0.2, -0.15) is 0 Å². The predicted molar refractivity (Wildman–Crippen MR) is 78.4 cm³/mol. The summed E-state index contributed by atoms with van der Waals surface area (Å²) in [5, 5.41) is 3.37. The van der Waals surface area contributed by atoms with Crippen molar-refractivity contribution in [3.8, 4) is 0 Å². The summed E-state index contributed by atoms with van der Waals surface area (Å²) < 4.78 is 11.1. The Hall–Kier alpha value is -0.380. The molecule has 110 valence electrons. The van der Waals surface area contributed by atoms with Crippen molar-refractivity contribution in [3.05, 3.63) is 12.2 Å². The molecule has 2 rings (SSSR count). The van der Waals surface area contributed by atoms with E-state index in [-0.39, 0.29) is 5.60 Å². The van der Waals surface area contributed by atoms with Crippen LogP contribution in [-0.4, -0.2) is 39.0 Å². The Morgan fingerprint density at radius 3 is 2.95 bits per heavy atom. The Kier molecular flexibility index (Phi) is 6.35. The summed E-state index contributed by atoms with van der Waals surface area (Å²) in [6, 6.07) is 0. The molecule has 1 saturated heterocycles. The molecule has 3 heteroatoms. The summed E-state index contributed by atoms with van der Waals surface area (Å²) >= 11 is 0. The molecule has 0 aromatic heterocycles. The number of hydrogen-bond acceptors (Lipinski definition) is 3. The zero-order valence-electron chi connectivity index (χ0n) is 12.3. The predicted octanol–water partition coefficient (Wildman–Crippen LogP) is 2.91. The van der Waals surface area contributed by atoms with Crippen LogP contribution in [-0.2, 0) is 9.47 Å². The first kappa shape index (κ1) is 15.0. The summed E-state index contributed by atoms with van der Waals surface area (Å²) in [5.41, 5.74) is 0.254. The topological polar surface area (TPSA) is 30.5 Å².